The molecule has 4 heteroatoms. The number of pyridine rings is 1. The van der Waals surface area contributed by atoms with Crippen LogP contribution in [0.3, 0.4) is 0 Å². The highest BCUT2D eigenvalue weighted by Crippen LogP contribution is 2.23. The predicted octanol–water partition coefficient (Wildman–Crippen LogP) is 3.96. The van der Waals surface area contributed by atoms with Crippen LogP contribution in [-0.4, -0.2) is 4.98 Å². The van der Waals surface area contributed by atoms with Gasteiger partial charge in [0.2, 0.25) is 0 Å². The van der Waals surface area contributed by atoms with Gasteiger partial charge in [-0.2, -0.15) is 0 Å². The van der Waals surface area contributed by atoms with Crippen molar-refractivity contribution < 1.29 is 0 Å². The highest BCUT2D eigenvalue weighted by molar-refractivity contribution is 9.10. The summed E-state index contributed by atoms with van der Waals surface area (Å²) in [5.41, 5.74) is 1.13. The Kier molecular flexibility index (Phi) is 2.84. The third-order valence-corrected chi connectivity index (χ3v) is 3.03. The molecule has 2 aromatic heterocycles. The Hall–Kier alpha value is -0.870. The Morgan fingerprint density at radius 2 is 2.36 bits per heavy atom. The van der Waals surface area contributed by atoms with Gasteiger partial charge in [-0.1, -0.05) is 0 Å². The summed E-state index contributed by atoms with van der Waals surface area (Å²) in [5.74, 6) is 0.913. The van der Waals surface area contributed by atoms with Gasteiger partial charge in [-0.3, -0.25) is 0 Å². The van der Waals surface area contributed by atoms with E-state index in [0.717, 1.165) is 20.9 Å². The first kappa shape index (κ1) is 9.68. The molecule has 0 radical (unpaired) electrons. The van der Waals surface area contributed by atoms with Crippen molar-refractivity contribution in [3.8, 4) is 0 Å². The molecule has 2 aromatic rings. The fraction of sp³-hybridized carbons (Fsp3) is 0.100. The van der Waals surface area contributed by atoms with Crippen LogP contribution < -0.4 is 5.32 Å². The van der Waals surface area contributed by atoms with Crippen LogP contribution in [0.25, 0.3) is 0 Å². The molecule has 0 amide bonds. The van der Waals surface area contributed by atoms with Gasteiger partial charge in [0.25, 0.3) is 0 Å². The minimum Gasteiger partial charge on any atom is -0.332 e. The summed E-state index contributed by atoms with van der Waals surface area (Å²) in [5, 5.41) is 6.42. The van der Waals surface area contributed by atoms with Gasteiger partial charge in [-0.25, -0.2) is 4.98 Å². The number of nitrogens with one attached hydrogen (secondary N) is 1. The van der Waals surface area contributed by atoms with Gasteiger partial charge in [0.1, 0.15) is 5.82 Å². The number of nitrogens with zero attached hydrogens (tertiary/aromatic N) is 1. The van der Waals surface area contributed by atoms with Crippen LogP contribution in [0, 0.1) is 6.92 Å². The van der Waals surface area contributed by atoms with Crippen molar-refractivity contribution >= 4 is 38.1 Å². The summed E-state index contributed by atoms with van der Waals surface area (Å²) >= 11 is 5.05. The first-order valence-electron chi connectivity index (χ1n) is 4.18. The normalized spacial score (nSPS) is 10.1. The van der Waals surface area contributed by atoms with Gasteiger partial charge in [0.05, 0.1) is 5.00 Å². The zero-order chi connectivity index (χ0) is 9.97. The van der Waals surface area contributed by atoms with Crippen molar-refractivity contribution in [1.82, 2.24) is 4.98 Å². The van der Waals surface area contributed by atoms with Crippen LogP contribution in [0.2, 0.25) is 0 Å². The Balaban J connectivity index is 2.25. The van der Waals surface area contributed by atoms with E-state index in [-0.39, 0.29) is 0 Å². The molecule has 0 atom stereocenters. The van der Waals surface area contributed by atoms with Gasteiger partial charge >= 0.3 is 0 Å². The zero-order valence-electron chi connectivity index (χ0n) is 7.62. The monoisotopic (exact) mass is 268 g/mol. The van der Waals surface area contributed by atoms with Crippen LogP contribution >= 0.6 is 27.3 Å². The maximum absolute atomic E-state index is 4.30. The van der Waals surface area contributed by atoms with Gasteiger partial charge < -0.3 is 5.32 Å². The first-order valence-corrected chi connectivity index (χ1v) is 5.85. The lowest BCUT2D eigenvalue weighted by Gasteiger charge is -2.05. The van der Waals surface area contributed by atoms with Crippen molar-refractivity contribution in [2.75, 3.05) is 5.32 Å². The van der Waals surface area contributed by atoms with Gasteiger partial charge in [-0.05, 0) is 52.0 Å². The molecule has 1 N–H and O–H groups in total. The largest absolute Gasteiger partial charge is 0.332 e. The van der Waals surface area contributed by atoms with E-state index in [1.807, 2.05) is 30.5 Å². The van der Waals surface area contributed by atoms with E-state index >= 15 is 0 Å². The number of rotatable bonds is 2. The van der Waals surface area contributed by atoms with Crippen molar-refractivity contribution in [2.24, 2.45) is 0 Å². The Morgan fingerprint density at radius 3 is 3.00 bits per heavy atom. The molecule has 0 aliphatic heterocycles. The number of thiophene rings is 1. The molecule has 2 nitrogen and oxygen atoms in total. The molecule has 0 bridgehead atoms. The SMILES string of the molecule is Cc1cc(Br)cnc1Nc1cccs1. The zero-order valence-corrected chi connectivity index (χ0v) is 10.0. The highest BCUT2D eigenvalue weighted by Gasteiger charge is 2.01. The Morgan fingerprint density at radius 1 is 1.50 bits per heavy atom. The number of anilines is 2. The van der Waals surface area contributed by atoms with Crippen molar-refractivity contribution in [3.05, 3.63) is 39.8 Å². The standard InChI is InChI=1S/C10H9BrN2S/c1-7-5-8(11)6-12-10(7)13-9-3-2-4-14-9/h2-6H,1H3,(H,12,13). The molecule has 0 saturated heterocycles. The molecule has 14 heavy (non-hydrogen) atoms. The smallest absolute Gasteiger partial charge is 0.133 e. The molecule has 0 unspecified atom stereocenters. The summed E-state index contributed by atoms with van der Waals surface area (Å²) in [6.07, 6.45) is 1.79. The van der Waals surface area contributed by atoms with Crippen LogP contribution in [0.5, 0.6) is 0 Å². The van der Waals surface area contributed by atoms with Crippen LogP contribution in [0.15, 0.2) is 34.2 Å². The second kappa shape index (κ2) is 4.11. The summed E-state index contributed by atoms with van der Waals surface area (Å²) < 4.78 is 1.01. The maximum Gasteiger partial charge on any atom is 0.133 e. The molecule has 0 saturated carbocycles. The minimum atomic E-state index is 0.913. The second-order valence-electron chi connectivity index (χ2n) is 2.92. The molecule has 2 heterocycles. The average Bonchev–Trinajstić information content (AvgIpc) is 2.62. The highest BCUT2D eigenvalue weighted by atomic mass is 79.9. The quantitative estimate of drug-likeness (QED) is 0.892. The van der Waals surface area contributed by atoms with Crippen molar-refractivity contribution in [1.29, 1.82) is 0 Å². The third kappa shape index (κ3) is 2.13. The van der Waals surface area contributed by atoms with Gasteiger partial charge in [-0.15, -0.1) is 11.3 Å². The Labute approximate surface area is 95.1 Å². The van der Waals surface area contributed by atoms with Crippen molar-refractivity contribution in [2.45, 2.75) is 6.92 Å². The fourth-order valence-electron chi connectivity index (χ4n) is 1.14. The lowest BCUT2D eigenvalue weighted by atomic mass is 10.3. The number of hydrogen-bond acceptors (Lipinski definition) is 3. The van der Waals surface area contributed by atoms with E-state index in [9.17, 15) is 0 Å². The van der Waals surface area contributed by atoms with Crippen LogP contribution in [0.4, 0.5) is 10.8 Å². The number of aryl methyl sites for hydroxylation is 1. The first-order chi connectivity index (χ1) is 6.75. The lowest BCUT2D eigenvalue weighted by molar-refractivity contribution is 1.25. The van der Waals surface area contributed by atoms with E-state index in [2.05, 4.69) is 26.2 Å². The molecular formula is C10H9BrN2S. The second-order valence-corrected chi connectivity index (χ2v) is 4.78. The summed E-state index contributed by atoms with van der Waals surface area (Å²) in [7, 11) is 0. The average molecular weight is 269 g/mol. The van der Waals surface area contributed by atoms with E-state index in [4.69, 9.17) is 0 Å². The summed E-state index contributed by atoms with van der Waals surface area (Å²) in [6.45, 7) is 2.04. The molecule has 0 aliphatic carbocycles. The molecule has 0 aromatic carbocycles. The maximum atomic E-state index is 4.30. The van der Waals surface area contributed by atoms with Crippen LogP contribution in [-0.2, 0) is 0 Å². The van der Waals surface area contributed by atoms with E-state index < -0.39 is 0 Å². The summed E-state index contributed by atoms with van der Waals surface area (Å²) in [4.78, 5) is 4.30. The number of halogens is 1. The van der Waals surface area contributed by atoms with Gasteiger partial charge in [0, 0.05) is 10.7 Å². The molecule has 0 aliphatic rings. The molecule has 72 valence electrons. The third-order valence-electron chi connectivity index (χ3n) is 1.81. The minimum absolute atomic E-state index is 0.913. The topological polar surface area (TPSA) is 24.9 Å². The number of hydrogen-bond donors (Lipinski definition) is 1. The molecule has 0 fully saturated rings. The fourth-order valence-corrected chi connectivity index (χ4v) is 2.20. The van der Waals surface area contributed by atoms with Gasteiger partial charge in [0.15, 0.2) is 0 Å². The lowest BCUT2D eigenvalue weighted by Crippen LogP contribution is -1.93. The van der Waals surface area contributed by atoms with E-state index in [1.165, 1.54) is 0 Å². The van der Waals surface area contributed by atoms with Crippen molar-refractivity contribution in [3.63, 3.8) is 0 Å². The van der Waals surface area contributed by atoms with E-state index in [0.29, 0.717) is 0 Å². The van der Waals surface area contributed by atoms with Crippen LogP contribution in [0.1, 0.15) is 5.56 Å². The predicted molar refractivity (Wildman–Crippen MR) is 64.3 cm³/mol. The Bertz CT molecular complexity index is 426. The molecule has 2 rings (SSSR count). The molecular weight excluding hydrogens is 260 g/mol. The van der Waals surface area contributed by atoms with E-state index in [1.54, 1.807) is 17.5 Å². The molecule has 0 spiro atoms. The number of aromatic nitrogens is 1. The summed E-state index contributed by atoms with van der Waals surface area (Å²) in [6, 6.07) is 6.10.